The van der Waals surface area contributed by atoms with Crippen LogP contribution in [-0.4, -0.2) is 55.9 Å². The monoisotopic (exact) mass is 558 g/mol. The Morgan fingerprint density at radius 1 is 1.12 bits per heavy atom. The van der Waals surface area contributed by atoms with Crippen LogP contribution in [0.5, 0.6) is 11.5 Å². The van der Waals surface area contributed by atoms with Gasteiger partial charge in [0.25, 0.3) is 5.91 Å². The van der Waals surface area contributed by atoms with Crippen LogP contribution in [0.2, 0.25) is 0 Å². The molecule has 2 aromatic carbocycles. The highest BCUT2D eigenvalue weighted by Gasteiger charge is 2.21. The van der Waals surface area contributed by atoms with Gasteiger partial charge in [0.15, 0.2) is 11.5 Å². The molecule has 0 fully saturated rings. The second-order valence-corrected chi connectivity index (χ2v) is 10.0. The molecule has 12 heteroatoms. The van der Waals surface area contributed by atoms with E-state index < -0.39 is 5.91 Å². The number of aromatic nitrogens is 6. The van der Waals surface area contributed by atoms with Gasteiger partial charge in [-0.05, 0) is 79.8 Å². The van der Waals surface area contributed by atoms with Crippen molar-refractivity contribution in [3.8, 4) is 22.8 Å². The number of amides is 1. The smallest absolute Gasteiger partial charge is 0.330 e. The third-order valence-electron chi connectivity index (χ3n) is 7.13. The predicted octanol–water partition coefficient (Wildman–Crippen LogP) is 2.77. The third-order valence-corrected chi connectivity index (χ3v) is 7.13. The van der Waals surface area contributed by atoms with Crippen LogP contribution < -0.4 is 26.0 Å². The number of aryl methyl sites for hydroxylation is 4. The molecule has 1 aliphatic rings. The number of nitrogens with zero attached hydrogens (tertiary/aromatic N) is 6. The van der Waals surface area contributed by atoms with Gasteiger partial charge < -0.3 is 14.8 Å². The van der Waals surface area contributed by atoms with E-state index in [0.29, 0.717) is 30.1 Å². The van der Waals surface area contributed by atoms with E-state index in [4.69, 9.17) is 14.5 Å². The molecule has 41 heavy (non-hydrogen) atoms. The molecule has 4 aromatic rings. The fraction of sp³-hybridized carbons (Fsp3) is 0.379. The van der Waals surface area contributed by atoms with Crippen LogP contribution in [0.3, 0.4) is 0 Å². The van der Waals surface area contributed by atoms with E-state index in [1.807, 2.05) is 45.9 Å². The van der Waals surface area contributed by atoms with E-state index in [9.17, 15) is 9.59 Å². The van der Waals surface area contributed by atoms with Gasteiger partial charge in [-0.15, -0.1) is 5.10 Å². The summed E-state index contributed by atoms with van der Waals surface area (Å²) in [6.07, 6.45) is 1.56. The fourth-order valence-electron chi connectivity index (χ4n) is 5.35. The lowest BCUT2D eigenvalue weighted by atomic mass is 10.0. The molecule has 214 valence electrons. The van der Waals surface area contributed by atoms with Crippen LogP contribution in [-0.2, 0) is 19.5 Å². The van der Waals surface area contributed by atoms with E-state index in [0.717, 1.165) is 52.0 Å². The fourth-order valence-corrected chi connectivity index (χ4v) is 5.35. The lowest BCUT2D eigenvalue weighted by Crippen LogP contribution is -2.43. The Morgan fingerprint density at radius 2 is 1.90 bits per heavy atom. The minimum Gasteiger partial charge on any atom is -0.493 e. The molecule has 0 saturated heterocycles. The van der Waals surface area contributed by atoms with Crippen LogP contribution >= 0.6 is 0 Å². The van der Waals surface area contributed by atoms with Gasteiger partial charge >= 0.3 is 5.69 Å². The van der Waals surface area contributed by atoms with Crippen molar-refractivity contribution >= 4 is 11.6 Å². The Labute approximate surface area is 237 Å². The summed E-state index contributed by atoms with van der Waals surface area (Å²) in [5, 5.41) is 15.7. The van der Waals surface area contributed by atoms with Gasteiger partial charge in [0.1, 0.15) is 5.49 Å². The van der Waals surface area contributed by atoms with Crippen molar-refractivity contribution in [2.24, 2.45) is 4.99 Å². The molecule has 0 saturated carbocycles. The summed E-state index contributed by atoms with van der Waals surface area (Å²) in [6.45, 7) is 9.45. The average Bonchev–Trinajstić information content (AvgIpc) is 3.42. The number of hydrogen-bond donors (Lipinski definition) is 2. The van der Waals surface area contributed by atoms with Gasteiger partial charge in [0.05, 0.1) is 25.1 Å². The van der Waals surface area contributed by atoms with E-state index in [2.05, 4.69) is 38.1 Å². The number of carbonyl (C=O) groups excluding carboxylic acids is 1. The summed E-state index contributed by atoms with van der Waals surface area (Å²) < 4.78 is 14.9. The molecule has 5 rings (SSSR count). The number of ether oxygens (including phenoxy) is 2. The maximum Gasteiger partial charge on any atom is 0.330 e. The molecule has 2 N–H and O–H groups in total. The average molecular weight is 559 g/mol. The summed E-state index contributed by atoms with van der Waals surface area (Å²) in [5.74, 6) is 0.836. The first-order valence-corrected chi connectivity index (χ1v) is 13.6. The van der Waals surface area contributed by atoms with E-state index in [1.165, 1.54) is 0 Å². The molecule has 0 bridgehead atoms. The maximum atomic E-state index is 14.1. The second-order valence-electron chi connectivity index (χ2n) is 10.0. The molecule has 0 radical (unpaired) electrons. The van der Waals surface area contributed by atoms with Crippen LogP contribution in [0.1, 0.15) is 46.2 Å². The zero-order chi connectivity index (χ0) is 29.1. The molecule has 0 spiro atoms. The van der Waals surface area contributed by atoms with Gasteiger partial charge in [-0.25, -0.2) is 14.9 Å². The molecule has 2 aromatic heterocycles. The van der Waals surface area contributed by atoms with Crippen molar-refractivity contribution in [1.82, 2.24) is 35.1 Å². The zero-order valence-electron chi connectivity index (χ0n) is 23.9. The van der Waals surface area contributed by atoms with Gasteiger partial charge in [-0.3, -0.25) is 13.9 Å². The number of rotatable bonds is 8. The number of fused-ring (bicyclic) bond motifs is 3. The zero-order valence-corrected chi connectivity index (χ0v) is 23.9. The van der Waals surface area contributed by atoms with Crippen molar-refractivity contribution in [3.05, 3.63) is 74.4 Å². The number of nitrogens with one attached hydrogen (secondary N) is 2. The van der Waals surface area contributed by atoms with Crippen LogP contribution in [0.25, 0.3) is 11.3 Å². The number of tetrazole rings is 1. The molecule has 0 aliphatic carbocycles. The van der Waals surface area contributed by atoms with E-state index in [1.54, 1.807) is 16.2 Å². The molecular formula is C29H34N8O4. The molecular weight excluding hydrogens is 524 g/mol. The summed E-state index contributed by atoms with van der Waals surface area (Å²) in [7, 11) is 1.61. The number of aromatic amines is 1. The van der Waals surface area contributed by atoms with Crippen LogP contribution in [0.4, 0.5) is 5.69 Å². The number of carbonyl (C=O) groups is 1. The molecule has 0 unspecified atom stereocenters. The number of hydrogen-bond acceptors (Lipinski definition) is 8. The van der Waals surface area contributed by atoms with Gasteiger partial charge in [0, 0.05) is 31.3 Å². The van der Waals surface area contributed by atoms with Gasteiger partial charge in [-0.2, -0.15) is 0 Å². The number of methoxy groups -OCH3 is 1. The largest absolute Gasteiger partial charge is 0.493 e. The first-order chi connectivity index (χ1) is 19.8. The highest BCUT2D eigenvalue weighted by atomic mass is 16.5. The summed E-state index contributed by atoms with van der Waals surface area (Å²) >= 11 is 0. The maximum absolute atomic E-state index is 14.1. The van der Waals surface area contributed by atoms with Gasteiger partial charge in [-0.1, -0.05) is 17.7 Å². The Hall–Kier alpha value is -4.74. The Bertz CT molecular complexity index is 1700. The van der Waals surface area contributed by atoms with Crippen molar-refractivity contribution in [2.45, 2.75) is 53.6 Å². The molecule has 12 nitrogen and oxygen atoms in total. The highest BCUT2D eigenvalue weighted by molar-refractivity contribution is 5.89. The topological polar surface area (TPSA) is 141 Å². The Balaban J connectivity index is 1.67. The summed E-state index contributed by atoms with van der Waals surface area (Å²) in [4.78, 5) is 31.5. The first kappa shape index (κ1) is 27.8. The normalized spacial score (nSPS) is 12.9. The summed E-state index contributed by atoms with van der Waals surface area (Å²) in [6, 6.07) is 10.1. The summed E-state index contributed by atoms with van der Waals surface area (Å²) in [5.41, 5.74) is 7.02. The number of benzene rings is 2. The first-order valence-electron chi connectivity index (χ1n) is 13.6. The van der Waals surface area contributed by atoms with Crippen molar-refractivity contribution in [2.75, 3.05) is 20.3 Å². The quantitative estimate of drug-likeness (QED) is 0.339. The minimum absolute atomic E-state index is 0.00134. The second kappa shape index (κ2) is 11.8. The third kappa shape index (κ3) is 5.63. The molecule has 0 atom stereocenters. The van der Waals surface area contributed by atoms with Crippen molar-refractivity contribution in [3.63, 3.8) is 0 Å². The predicted molar refractivity (Wildman–Crippen MR) is 153 cm³/mol. The lowest BCUT2D eigenvalue weighted by molar-refractivity contribution is 0.0941. The van der Waals surface area contributed by atoms with Crippen LogP contribution in [0, 0.1) is 20.8 Å². The molecule has 1 amide bonds. The SMILES string of the molecule is CCOc1cc2c(cc1OC)-c1c/c(=N\c3c(C)cc(C)cc3C)n(CCNC(=O)c3nnn[nH]3)c(=O)n1CCC2. The molecule has 3 heterocycles. The van der Waals surface area contributed by atoms with E-state index in [-0.39, 0.29) is 24.6 Å². The lowest BCUT2D eigenvalue weighted by Gasteiger charge is -2.18. The van der Waals surface area contributed by atoms with Crippen molar-refractivity contribution in [1.29, 1.82) is 0 Å². The number of H-pyrrole nitrogens is 1. The Kier molecular flexibility index (Phi) is 7.99. The highest BCUT2D eigenvalue weighted by Crippen LogP contribution is 2.37. The van der Waals surface area contributed by atoms with Crippen LogP contribution in [0.15, 0.2) is 40.1 Å². The minimum atomic E-state index is -0.458. The Morgan fingerprint density at radius 3 is 2.59 bits per heavy atom. The molecule has 1 aliphatic heterocycles. The van der Waals surface area contributed by atoms with Crippen molar-refractivity contribution < 1.29 is 14.3 Å². The van der Waals surface area contributed by atoms with Gasteiger partial charge in [0.2, 0.25) is 5.82 Å². The standard InChI is InChI=1S/C29H34N8O4/c1-6-41-24-14-20-8-7-10-36-22(21(20)15-23(24)40-5)16-25(31-26-18(3)12-17(2)13-19(26)4)37(29(36)39)11-9-30-28(38)27-32-34-35-33-27/h12-16H,6-11H2,1-5H3,(H,30,38)(H,32,33,34,35)/b31-25+. The van der Waals surface area contributed by atoms with E-state index >= 15 is 0 Å².